The molecule has 21 heavy (non-hydrogen) atoms. The lowest BCUT2D eigenvalue weighted by atomic mass is 10.1. The Balaban J connectivity index is 2.11. The summed E-state index contributed by atoms with van der Waals surface area (Å²) in [4.78, 5) is 0. The molecule has 0 unspecified atom stereocenters. The predicted molar refractivity (Wildman–Crippen MR) is 86.5 cm³/mol. The highest BCUT2D eigenvalue weighted by Gasteiger charge is 2.11. The van der Waals surface area contributed by atoms with Gasteiger partial charge in [-0.2, -0.15) is 5.10 Å². The minimum Gasteiger partial charge on any atom is -0.494 e. The first kappa shape index (κ1) is 15.6. The molecular formula is C17H25N3O. The van der Waals surface area contributed by atoms with Crippen LogP contribution in [-0.2, 0) is 6.54 Å². The minimum atomic E-state index is 0.781. The average molecular weight is 287 g/mol. The number of aromatic nitrogens is 2. The van der Waals surface area contributed by atoms with E-state index in [1.54, 1.807) is 0 Å². The molecule has 0 amide bonds. The number of nitrogens with one attached hydrogen (secondary N) is 2. The third-order valence-electron chi connectivity index (χ3n) is 3.52. The lowest BCUT2D eigenvalue weighted by Crippen LogP contribution is -2.12. The van der Waals surface area contributed by atoms with Crippen molar-refractivity contribution in [3.05, 3.63) is 35.5 Å². The Kier molecular flexibility index (Phi) is 5.81. The van der Waals surface area contributed by atoms with Crippen LogP contribution in [-0.4, -0.2) is 23.3 Å². The van der Waals surface area contributed by atoms with Crippen molar-refractivity contribution in [1.82, 2.24) is 15.5 Å². The van der Waals surface area contributed by atoms with Crippen molar-refractivity contribution in [3.63, 3.8) is 0 Å². The molecule has 0 aliphatic rings. The van der Waals surface area contributed by atoms with E-state index in [1.165, 1.54) is 5.56 Å². The number of nitrogens with zero attached hydrogens (tertiary/aromatic N) is 1. The summed E-state index contributed by atoms with van der Waals surface area (Å²) in [6.07, 6.45) is 2.24. The lowest BCUT2D eigenvalue weighted by molar-refractivity contribution is 0.309. The topological polar surface area (TPSA) is 49.9 Å². The van der Waals surface area contributed by atoms with Crippen LogP contribution in [0.3, 0.4) is 0 Å². The molecule has 1 heterocycles. The van der Waals surface area contributed by atoms with Gasteiger partial charge in [-0.05, 0) is 44.2 Å². The number of hydrogen-bond acceptors (Lipinski definition) is 3. The molecule has 0 aliphatic heterocycles. The van der Waals surface area contributed by atoms with Gasteiger partial charge in [0.1, 0.15) is 5.75 Å². The second kappa shape index (κ2) is 7.84. The third-order valence-corrected chi connectivity index (χ3v) is 3.52. The lowest BCUT2D eigenvalue weighted by Gasteiger charge is -2.07. The fourth-order valence-corrected chi connectivity index (χ4v) is 2.20. The number of aromatic amines is 1. The zero-order valence-electron chi connectivity index (χ0n) is 13.2. The molecule has 0 saturated carbocycles. The predicted octanol–water partition coefficient (Wildman–Crippen LogP) is 3.67. The van der Waals surface area contributed by atoms with Gasteiger partial charge in [0.2, 0.25) is 0 Å². The SMILES string of the molecule is CCCCOc1ccc(-c2n[nH]c(C)c2CNCC)cc1. The second-order valence-corrected chi connectivity index (χ2v) is 5.18. The maximum Gasteiger partial charge on any atom is 0.119 e. The Labute approximate surface area is 126 Å². The van der Waals surface area contributed by atoms with Crippen LogP contribution in [0.2, 0.25) is 0 Å². The van der Waals surface area contributed by atoms with Crippen LogP contribution < -0.4 is 10.1 Å². The van der Waals surface area contributed by atoms with Gasteiger partial charge in [-0.1, -0.05) is 20.3 Å². The molecule has 0 spiro atoms. The number of H-pyrrole nitrogens is 1. The van der Waals surface area contributed by atoms with E-state index in [0.29, 0.717) is 0 Å². The number of rotatable bonds is 8. The van der Waals surface area contributed by atoms with E-state index in [-0.39, 0.29) is 0 Å². The van der Waals surface area contributed by atoms with Gasteiger partial charge in [-0.3, -0.25) is 5.10 Å². The smallest absolute Gasteiger partial charge is 0.119 e. The highest BCUT2D eigenvalue weighted by Crippen LogP contribution is 2.25. The minimum absolute atomic E-state index is 0.781. The maximum absolute atomic E-state index is 5.70. The van der Waals surface area contributed by atoms with Crippen molar-refractivity contribution in [2.45, 2.75) is 40.2 Å². The van der Waals surface area contributed by atoms with Gasteiger partial charge in [-0.15, -0.1) is 0 Å². The average Bonchev–Trinajstić information content (AvgIpc) is 2.87. The van der Waals surface area contributed by atoms with Crippen molar-refractivity contribution < 1.29 is 4.74 Å². The van der Waals surface area contributed by atoms with E-state index >= 15 is 0 Å². The molecule has 1 aromatic carbocycles. The first-order valence-corrected chi connectivity index (χ1v) is 7.74. The van der Waals surface area contributed by atoms with Crippen molar-refractivity contribution in [2.24, 2.45) is 0 Å². The Morgan fingerprint density at radius 2 is 1.95 bits per heavy atom. The van der Waals surface area contributed by atoms with Gasteiger partial charge < -0.3 is 10.1 Å². The number of hydrogen-bond donors (Lipinski definition) is 2. The monoisotopic (exact) mass is 287 g/mol. The van der Waals surface area contributed by atoms with Gasteiger partial charge in [0.05, 0.1) is 12.3 Å². The Morgan fingerprint density at radius 3 is 2.62 bits per heavy atom. The molecule has 0 bridgehead atoms. The molecule has 0 atom stereocenters. The summed E-state index contributed by atoms with van der Waals surface area (Å²) in [5, 5.41) is 10.9. The van der Waals surface area contributed by atoms with E-state index in [2.05, 4.69) is 48.4 Å². The van der Waals surface area contributed by atoms with Gasteiger partial charge in [-0.25, -0.2) is 0 Å². The first-order valence-electron chi connectivity index (χ1n) is 7.74. The second-order valence-electron chi connectivity index (χ2n) is 5.18. The van der Waals surface area contributed by atoms with Crippen LogP contribution in [0.1, 0.15) is 37.9 Å². The van der Waals surface area contributed by atoms with Crippen LogP contribution in [0.15, 0.2) is 24.3 Å². The maximum atomic E-state index is 5.70. The number of ether oxygens (including phenoxy) is 1. The third kappa shape index (κ3) is 4.08. The quantitative estimate of drug-likeness (QED) is 0.728. The van der Waals surface area contributed by atoms with Gasteiger partial charge in [0.15, 0.2) is 0 Å². The Morgan fingerprint density at radius 1 is 1.19 bits per heavy atom. The zero-order valence-corrected chi connectivity index (χ0v) is 13.2. The van der Waals surface area contributed by atoms with Crippen molar-refractivity contribution >= 4 is 0 Å². The normalized spacial score (nSPS) is 10.8. The summed E-state index contributed by atoms with van der Waals surface area (Å²) in [6, 6.07) is 8.19. The Hall–Kier alpha value is -1.81. The summed E-state index contributed by atoms with van der Waals surface area (Å²) < 4.78 is 5.70. The fraction of sp³-hybridized carbons (Fsp3) is 0.471. The molecule has 4 nitrogen and oxygen atoms in total. The summed E-state index contributed by atoms with van der Waals surface area (Å²) in [6.45, 7) is 8.90. The molecule has 4 heteroatoms. The molecule has 2 N–H and O–H groups in total. The molecule has 114 valence electrons. The summed E-state index contributed by atoms with van der Waals surface area (Å²) >= 11 is 0. The molecule has 2 rings (SSSR count). The van der Waals surface area contributed by atoms with Crippen molar-refractivity contribution in [1.29, 1.82) is 0 Å². The highest BCUT2D eigenvalue weighted by molar-refractivity contribution is 5.64. The highest BCUT2D eigenvalue weighted by atomic mass is 16.5. The summed E-state index contributed by atoms with van der Waals surface area (Å²) in [7, 11) is 0. The van der Waals surface area contributed by atoms with Crippen LogP contribution in [0, 0.1) is 6.92 Å². The van der Waals surface area contributed by atoms with Gasteiger partial charge in [0, 0.05) is 23.4 Å². The van der Waals surface area contributed by atoms with Gasteiger partial charge >= 0.3 is 0 Å². The molecule has 0 saturated heterocycles. The molecule has 0 fully saturated rings. The fourth-order valence-electron chi connectivity index (χ4n) is 2.20. The van der Waals surface area contributed by atoms with E-state index in [0.717, 1.165) is 55.2 Å². The first-order chi connectivity index (χ1) is 10.3. The molecular weight excluding hydrogens is 262 g/mol. The molecule has 1 aromatic heterocycles. The summed E-state index contributed by atoms with van der Waals surface area (Å²) in [5.74, 6) is 0.924. The van der Waals surface area contributed by atoms with Crippen LogP contribution >= 0.6 is 0 Å². The van der Waals surface area contributed by atoms with Gasteiger partial charge in [0.25, 0.3) is 0 Å². The van der Waals surface area contributed by atoms with Crippen molar-refractivity contribution in [3.8, 4) is 17.0 Å². The van der Waals surface area contributed by atoms with E-state index in [9.17, 15) is 0 Å². The molecule has 2 aromatic rings. The number of aryl methyl sites for hydroxylation is 1. The zero-order chi connectivity index (χ0) is 15.1. The van der Waals surface area contributed by atoms with E-state index < -0.39 is 0 Å². The van der Waals surface area contributed by atoms with Crippen LogP contribution in [0.5, 0.6) is 5.75 Å². The number of unbranched alkanes of at least 4 members (excludes halogenated alkanes) is 1. The van der Waals surface area contributed by atoms with Crippen LogP contribution in [0.25, 0.3) is 11.3 Å². The van der Waals surface area contributed by atoms with E-state index in [4.69, 9.17) is 4.74 Å². The van der Waals surface area contributed by atoms with Crippen LogP contribution in [0.4, 0.5) is 0 Å². The Bertz CT molecular complexity index is 546. The largest absolute Gasteiger partial charge is 0.494 e. The molecule has 0 radical (unpaired) electrons. The van der Waals surface area contributed by atoms with E-state index in [1.807, 2.05) is 12.1 Å². The number of benzene rings is 1. The standard InChI is InChI=1S/C17H25N3O/c1-4-6-11-21-15-9-7-14(8-10-15)17-16(12-18-5-2)13(3)19-20-17/h7-10,18H,4-6,11-12H2,1-3H3,(H,19,20). The summed E-state index contributed by atoms with van der Waals surface area (Å²) in [5.41, 5.74) is 4.49. The van der Waals surface area contributed by atoms with Crippen molar-refractivity contribution in [2.75, 3.05) is 13.2 Å². The molecule has 0 aliphatic carbocycles.